The first-order valence-electron chi connectivity index (χ1n) is 6.22. The monoisotopic (exact) mass is 210 g/mol. The van der Waals surface area contributed by atoms with Crippen molar-refractivity contribution in [2.24, 2.45) is 11.7 Å². The van der Waals surface area contributed by atoms with E-state index in [-0.39, 0.29) is 11.9 Å². The van der Waals surface area contributed by atoms with Crippen molar-refractivity contribution in [2.75, 3.05) is 7.05 Å². The topological polar surface area (TPSA) is 46.3 Å². The maximum atomic E-state index is 12.0. The third kappa shape index (κ3) is 2.51. The molecule has 2 rings (SSSR count). The van der Waals surface area contributed by atoms with Gasteiger partial charge < -0.3 is 10.6 Å². The van der Waals surface area contributed by atoms with Gasteiger partial charge in [-0.1, -0.05) is 19.3 Å². The molecule has 2 saturated carbocycles. The van der Waals surface area contributed by atoms with Crippen molar-refractivity contribution in [3.05, 3.63) is 0 Å². The van der Waals surface area contributed by atoms with Gasteiger partial charge in [0, 0.05) is 13.1 Å². The Morgan fingerprint density at radius 1 is 1.20 bits per heavy atom. The van der Waals surface area contributed by atoms with Gasteiger partial charge >= 0.3 is 0 Å². The molecule has 0 unspecified atom stereocenters. The van der Waals surface area contributed by atoms with Gasteiger partial charge in [-0.25, -0.2) is 0 Å². The number of nitrogens with zero attached hydrogens (tertiary/aromatic N) is 1. The lowest BCUT2D eigenvalue weighted by molar-refractivity contribution is -0.133. The van der Waals surface area contributed by atoms with Gasteiger partial charge in [0.25, 0.3) is 0 Å². The van der Waals surface area contributed by atoms with Crippen LogP contribution in [-0.2, 0) is 4.79 Å². The van der Waals surface area contributed by atoms with E-state index in [0.29, 0.717) is 12.0 Å². The van der Waals surface area contributed by atoms with Crippen LogP contribution in [0.15, 0.2) is 0 Å². The molecule has 0 aromatic heterocycles. The molecule has 0 radical (unpaired) electrons. The Hall–Kier alpha value is -0.570. The average Bonchev–Trinajstić information content (AvgIpc) is 3.11. The van der Waals surface area contributed by atoms with E-state index in [4.69, 9.17) is 5.73 Å². The number of carbonyl (C=O) groups is 1. The molecule has 3 heteroatoms. The number of hydrogen-bond donors (Lipinski definition) is 1. The average molecular weight is 210 g/mol. The lowest BCUT2D eigenvalue weighted by Gasteiger charge is -2.29. The van der Waals surface area contributed by atoms with Gasteiger partial charge in [0.05, 0.1) is 6.04 Å². The summed E-state index contributed by atoms with van der Waals surface area (Å²) in [6.45, 7) is 0. The summed E-state index contributed by atoms with van der Waals surface area (Å²) >= 11 is 0. The van der Waals surface area contributed by atoms with Crippen molar-refractivity contribution in [2.45, 2.75) is 57.0 Å². The van der Waals surface area contributed by atoms with E-state index in [9.17, 15) is 4.79 Å². The molecule has 86 valence electrons. The highest BCUT2D eigenvalue weighted by atomic mass is 16.2. The summed E-state index contributed by atoms with van der Waals surface area (Å²) in [4.78, 5) is 13.9. The number of rotatable bonds is 3. The molecule has 15 heavy (non-hydrogen) atoms. The van der Waals surface area contributed by atoms with E-state index in [1.54, 1.807) is 0 Å². The van der Waals surface area contributed by atoms with E-state index in [0.717, 1.165) is 12.8 Å². The molecule has 0 saturated heterocycles. The highest BCUT2D eigenvalue weighted by molar-refractivity contribution is 5.82. The second-order valence-electron chi connectivity index (χ2n) is 5.10. The summed E-state index contributed by atoms with van der Waals surface area (Å²) in [6.07, 6.45) is 8.43. The van der Waals surface area contributed by atoms with Gasteiger partial charge in [-0.3, -0.25) is 4.79 Å². The fraction of sp³-hybridized carbons (Fsp3) is 0.917. The zero-order chi connectivity index (χ0) is 10.8. The molecule has 3 nitrogen and oxygen atoms in total. The van der Waals surface area contributed by atoms with Crippen molar-refractivity contribution in [1.29, 1.82) is 0 Å². The van der Waals surface area contributed by atoms with Crippen molar-refractivity contribution in [3.63, 3.8) is 0 Å². The number of hydrogen-bond acceptors (Lipinski definition) is 2. The number of likely N-dealkylation sites (N-methyl/N-ethyl adjacent to an activating group) is 1. The number of nitrogens with two attached hydrogens (primary N) is 1. The van der Waals surface area contributed by atoms with E-state index >= 15 is 0 Å². The molecule has 0 spiro atoms. The predicted molar refractivity (Wildman–Crippen MR) is 60.3 cm³/mol. The van der Waals surface area contributed by atoms with Crippen LogP contribution in [-0.4, -0.2) is 29.9 Å². The fourth-order valence-corrected chi connectivity index (χ4v) is 2.57. The number of carbonyl (C=O) groups excluding carboxylic acids is 1. The van der Waals surface area contributed by atoms with Crippen LogP contribution in [0.2, 0.25) is 0 Å². The zero-order valence-corrected chi connectivity index (χ0v) is 9.61. The molecule has 0 bridgehead atoms. The van der Waals surface area contributed by atoms with E-state index in [1.165, 1.54) is 32.1 Å². The highest BCUT2D eigenvalue weighted by Crippen LogP contribution is 2.29. The van der Waals surface area contributed by atoms with Crippen molar-refractivity contribution >= 4 is 5.91 Å². The number of amides is 1. The first-order chi connectivity index (χ1) is 7.20. The molecular formula is C12H22N2O. The van der Waals surface area contributed by atoms with Crippen LogP contribution in [0.5, 0.6) is 0 Å². The Labute approximate surface area is 92.0 Å². The lowest BCUT2D eigenvalue weighted by atomic mass is 9.84. The zero-order valence-electron chi connectivity index (χ0n) is 9.61. The van der Waals surface area contributed by atoms with Crippen LogP contribution in [0.1, 0.15) is 44.9 Å². The molecule has 2 aliphatic carbocycles. The van der Waals surface area contributed by atoms with E-state index in [1.807, 2.05) is 11.9 Å². The molecule has 0 aromatic carbocycles. The largest absolute Gasteiger partial charge is 0.341 e. The van der Waals surface area contributed by atoms with Gasteiger partial charge in [0.1, 0.15) is 0 Å². The van der Waals surface area contributed by atoms with E-state index < -0.39 is 0 Å². The van der Waals surface area contributed by atoms with Gasteiger partial charge in [-0.2, -0.15) is 0 Å². The molecule has 1 amide bonds. The van der Waals surface area contributed by atoms with Crippen molar-refractivity contribution in [3.8, 4) is 0 Å². The quantitative estimate of drug-likeness (QED) is 0.767. The standard InChI is InChI=1S/C12H22N2O/c1-14(10-7-8-10)12(15)11(13)9-5-3-2-4-6-9/h9-11H,2-8,13H2,1H3/t11-/m0/s1. The molecule has 0 aromatic rings. The molecule has 0 aliphatic heterocycles. The Balaban J connectivity index is 1.87. The van der Waals surface area contributed by atoms with Gasteiger partial charge in [-0.05, 0) is 31.6 Å². The van der Waals surface area contributed by atoms with Crippen molar-refractivity contribution < 1.29 is 4.79 Å². The minimum atomic E-state index is -0.240. The lowest BCUT2D eigenvalue weighted by Crippen LogP contribution is -2.47. The van der Waals surface area contributed by atoms with Crippen LogP contribution in [0.4, 0.5) is 0 Å². The normalized spacial score (nSPS) is 24.9. The van der Waals surface area contributed by atoms with Gasteiger partial charge in [0.2, 0.25) is 5.91 Å². The third-order valence-corrected chi connectivity index (χ3v) is 3.89. The fourth-order valence-electron chi connectivity index (χ4n) is 2.57. The smallest absolute Gasteiger partial charge is 0.239 e. The van der Waals surface area contributed by atoms with Crippen LogP contribution in [0, 0.1) is 5.92 Å². The molecule has 1 atom stereocenters. The summed E-state index contributed by atoms with van der Waals surface area (Å²) < 4.78 is 0. The summed E-state index contributed by atoms with van der Waals surface area (Å²) in [5.74, 6) is 0.608. The Kier molecular flexibility index (Phi) is 3.29. The van der Waals surface area contributed by atoms with E-state index in [2.05, 4.69) is 0 Å². The maximum Gasteiger partial charge on any atom is 0.239 e. The van der Waals surface area contributed by atoms with Crippen molar-refractivity contribution in [1.82, 2.24) is 4.90 Å². The summed E-state index contributed by atoms with van der Waals surface area (Å²) in [5.41, 5.74) is 6.07. The Bertz CT molecular complexity index is 232. The van der Waals surface area contributed by atoms with Crippen LogP contribution < -0.4 is 5.73 Å². The Morgan fingerprint density at radius 3 is 2.33 bits per heavy atom. The summed E-state index contributed by atoms with van der Waals surface area (Å²) in [7, 11) is 1.91. The second kappa shape index (κ2) is 4.52. The van der Waals surface area contributed by atoms with Crippen LogP contribution >= 0.6 is 0 Å². The minimum absolute atomic E-state index is 0.171. The first-order valence-corrected chi connectivity index (χ1v) is 6.22. The Morgan fingerprint density at radius 2 is 1.80 bits per heavy atom. The highest BCUT2D eigenvalue weighted by Gasteiger charge is 2.34. The second-order valence-corrected chi connectivity index (χ2v) is 5.10. The van der Waals surface area contributed by atoms with Crippen LogP contribution in [0.25, 0.3) is 0 Å². The van der Waals surface area contributed by atoms with Gasteiger partial charge in [0.15, 0.2) is 0 Å². The molecular weight excluding hydrogens is 188 g/mol. The molecule has 0 heterocycles. The first kappa shape index (κ1) is 10.9. The summed E-state index contributed by atoms with van der Waals surface area (Å²) in [5, 5.41) is 0. The minimum Gasteiger partial charge on any atom is -0.341 e. The van der Waals surface area contributed by atoms with Gasteiger partial charge in [-0.15, -0.1) is 0 Å². The molecule has 2 fully saturated rings. The summed E-state index contributed by atoms with van der Waals surface area (Å²) in [6, 6.07) is 0.253. The maximum absolute atomic E-state index is 12.0. The third-order valence-electron chi connectivity index (χ3n) is 3.89. The predicted octanol–water partition coefficient (Wildman–Crippen LogP) is 1.51. The molecule has 2 N–H and O–H groups in total. The molecule has 2 aliphatic rings. The van der Waals surface area contributed by atoms with Crippen LogP contribution in [0.3, 0.4) is 0 Å². The SMILES string of the molecule is CN(C(=O)[C@@H](N)C1CCCCC1)C1CC1.